The Bertz CT molecular complexity index is 609. The predicted molar refractivity (Wildman–Crippen MR) is 81.4 cm³/mol. The third kappa shape index (κ3) is 4.06. The highest BCUT2D eigenvalue weighted by atomic mass is 32.2. The van der Waals surface area contributed by atoms with Crippen molar-refractivity contribution in [2.45, 2.75) is 44.4 Å². The van der Waals surface area contributed by atoms with Crippen LogP contribution in [-0.4, -0.2) is 26.6 Å². The van der Waals surface area contributed by atoms with Crippen molar-refractivity contribution in [3.63, 3.8) is 0 Å². The first-order valence-electron chi connectivity index (χ1n) is 7.40. The van der Waals surface area contributed by atoms with Gasteiger partial charge >= 0.3 is 0 Å². The molecule has 0 unspecified atom stereocenters. The lowest BCUT2D eigenvalue weighted by Gasteiger charge is -2.20. The number of sulfone groups is 1. The van der Waals surface area contributed by atoms with E-state index in [2.05, 4.69) is 0 Å². The number of hydrogen-bond donors (Lipinski definition) is 0. The molecule has 21 heavy (non-hydrogen) atoms. The highest BCUT2D eigenvalue weighted by molar-refractivity contribution is 7.91. The fraction of sp³-hybridized carbons (Fsp3) is 0.562. The highest BCUT2D eigenvalue weighted by Crippen LogP contribution is 2.27. The molecule has 1 aliphatic rings. The van der Waals surface area contributed by atoms with Crippen LogP contribution < -0.4 is 4.74 Å². The molecule has 0 radical (unpaired) electrons. The molecule has 0 spiro atoms. The predicted octanol–water partition coefficient (Wildman–Crippen LogP) is 2.93. The molecule has 0 aromatic heterocycles. The summed E-state index contributed by atoms with van der Waals surface area (Å²) in [7, 11) is -3.30. The van der Waals surface area contributed by atoms with Crippen LogP contribution in [0.1, 0.15) is 38.2 Å². The number of Topliss-reactive ketones (excluding diaryl/α,β-unsaturated/α-hetero) is 1. The molecule has 2 rings (SSSR count). The summed E-state index contributed by atoms with van der Waals surface area (Å²) in [6.07, 6.45) is 2.41. The quantitative estimate of drug-likeness (QED) is 0.839. The molecule has 5 heteroatoms. The van der Waals surface area contributed by atoms with Crippen molar-refractivity contribution in [3.8, 4) is 5.75 Å². The summed E-state index contributed by atoms with van der Waals surface area (Å²) < 4.78 is 30.4. The Hall–Kier alpha value is -1.36. The van der Waals surface area contributed by atoms with Crippen molar-refractivity contribution in [1.82, 2.24) is 0 Å². The smallest absolute Gasteiger partial charge is 0.178 e. The molecule has 1 fully saturated rings. The van der Waals surface area contributed by atoms with E-state index in [-0.39, 0.29) is 17.5 Å². The summed E-state index contributed by atoms with van der Waals surface area (Å²) >= 11 is 0. The van der Waals surface area contributed by atoms with Crippen LogP contribution in [0.3, 0.4) is 0 Å². The van der Waals surface area contributed by atoms with Crippen molar-refractivity contribution in [2.24, 2.45) is 5.92 Å². The number of hydrogen-bond acceptors (Lipinski definition) is 4. The van der Waals surface area contributed by atoms with Crippen LogP contribution in [0.4, 0.5) is 0 Å². The van der Waals surface area contributed by atoms with Gasteiger partial charge in [-0.1, -0.05) is 0 Å². The normalized spacial score (nSPS) is 17.0. The van der Waals surface area contributed by atoms with E-state index in [1.54, 1.807) is 18.2 Å². The van der Waals surface area contributed by atoms with Crippen LogP contribution in [0.25, 0.3) is 0 Å². The largest absolute Gasteiger partial charge is 0.494 e. The molecule has 1 saturated carbocycles. The Morgan fingerprint density at radius 3 is 2.48 bits per heavy atom. The van der Waals surface area contributed by atoms with Gasteiger partial charge in [0, 0.05) is 12.8 Å². The molecule has 4 nitrogen and oxygen atoms in total. The topological polar surface area (TPSA) is 60.4 Å². The molecule has 0 bridgehead atoms. The Morgan fingerprint density at radius 2 is 1.90 bits per heavy atom. The number of carbonyl (C=O) groups is 1. The van der Waals surface area contributed by atoms with E-state index in [1.807, 2.05) is 13.8 Å². The molecule has 0 amide bonds. The Morgan fingerprint density at radius 1 is 1.24 bits per heavy atom. The summed E-state index contributed by atoms with van der Waals surface area (Å²) in [6, 6.07) is 5.01. The van der Waals surface area contributed by atoms with E-state index in [0.717, 1.165) is 11.3 Å². The van der Waals surface area contributed by atoms with Gasteiger partial charge in [-0.05, 0) is 56.4 Å². The van der Waals surface area contributed by atoms with E-state index < -0.39 is 9.84 Å². The van der Waals surface area contributed by atoms with Crippen LogP contribution in [0, 0.1) is 12.8 Å². The van der Waals surface area contributed by atoms with Gasteiger partial charge in [0.15, 0.2) is 9.84 Å². The molecule has 0 N–H and O–H groups in total. The average molecular weight is 310 g/mol. The molecule has 1 aromatic rings. The van der Waals surface area contributed by atoms with Gasteiger partial charge in [-0.15, -0.1) is 0 Å². The SMILES string of the molecule is CCOc1ccc(S(=O)(=O)CC2CCC(=O)CC2)cc1C. The summed E-state index contributed by atoms with van der Waals surface area (Å²) in [5.41, 5.74) is 0.830. The number of aryl methyl sites for hydroxylation is 1. The van der Waals surface area contributed by atoms with Crippen molar-refractivity contribution < 1.29 is 17.9 Å². The van der Waals surface area contributed by atoms with Crippen molar-refractivity contribution in [3.05, 3.63) is 23.8 Å². The lowest BCUT2D eigenvalue weighted by molar-refractivity contribution is -0.120. The molecule has 116 valence electrons. The average Bonchev–Trinajstić information content (AvgIpc) is 2.43. The Kier molecular flexibility index (Phi) is 5.04. The molecule has 0 saturated heterocycles. The van der Waals surface area contributed by atoms with E-state index in [9.17, 15) is 13.2 Å². The second-order valence-corrected chi connectivity index (χ2v) is 7.66. The van der Waals surface area contributed by atoms with Crippen molar-refractivity contribution in [2.75, 3.05) is 12.4 Å². The van der Waals surface area contributed by atoms with Gasteiger partial charge in [0.2, 0.25) is 0 Å². The number of carbonyl (C=O) groups excluding carboxylic acids is 1. The van der Waals surface area contributed by atoms with Gasteiger partial charge in [0.05, 0.1) is 17.3 Å². The van der Waals surface area contributed by atoms with Crippen LogP contribution in [0.15, 0.2) is 23.1 Å². The first kappa shape index (κ1) is 16.0. The fourth-order valence-corrected chi connectivity index (χ4v) is 4.48. The van der Waals surface area contributed by atoms with E-state index >= 15 is 0 Å². The molecule has 0 heterocycles. The zero-order valence-corrected chi connectivity index (χ0v) is 13.4. The summed E-state index contributed by atoms with van der Waals surface area (Å²) in [5, 5.41) is 0. The lowest BCUT2D eigenvalue weighted by atomic mass is 9.90. The lowest BCUT2D eigenvalue weighted by Crippen LogP contribution is -2.22. The number of ether oxygens (including phenoxy) is 1. The molecule has 1 aliphatic carbocycles. The zero-order chi connectivity index (χ0) is 15.5. The molecule has 1 aromatic carbocycles. The van der Waals surface area contributed by atoms with Gasteiger partial charge in [-0.2, -0.15) is 0 Å². The maximum absolute atomic E-state index is 12.5. The monoisotopic (exact) mass is 310 g/mol. The van der Waals surface area contributed by atoms with E-state index in [1.165, 1.54) is 0 Å². The summed E-state index contributed by atoms with van der Waals surface area (Å²) in [5.74, 6) is 1.20. The summed E-state index contributed by atoms with van der Waals surface area (Å²) in [4.78, 5) is 11.6. The van der Waals surface area contributed by atoms with Gasteiger partial charge in [0.25, 0.3) is 0 Å². The van der Waals surface area contributed by atoms with Gasteiger partial charge < -0.3 is 4.74 Å². The standard InChI is InChI=1S/C16H22O4S/c1-3-20-16-9-8-15(10-12(16)2)21(18,19)11-13-4-6-14(17)7-5-13/h8-10,13H,3-7,11H2,1-2H3. The minimum Gasteiger partial charge on any atom is -0.494 e. The maximum atomic E-state index is 12.5. The van der Waals surface area contributed by atoms with Crippen LogP contribution in [0.5, 0.6) is 5.75 Å². The highest BCUT2D eigenvalue weighted by Gasteiger charge is 2.25. The third-order valence-electron chi connectivity index (χ3n) is 3.92. The second-order valence-electron chi connectivity index (χ2n) is 5.62. The van der Waals surface area contributed by atoms with E-state index in [0.29, 0.717) is 37.2 Å². The number of rotatable bonds is 5. The number of benzene rings is 1. The van der Waals surface area contributed by atoms with Gasteiger partial charge in [0.1, 0.15) is 11.5 Å². The second kappa shape index (κ2) is 6.60. The van der Waals surface area contributed by atoms with Gasteiger partial charge in [-0.3, -0.25) is 4.79 Å². The molecule has 0 aliphatic heterocycles. The molecule has 0 atom stereocenters. The zero-order valence-electron chi connectivity index (χ0n) is 12.6. The number of ketones is 1. The van der Waals surface area contributed by atoms with Crippen molar-refractivity contribution >= 4 is 15.6 Å². The fourth-order valence-electron chi connectivity index (χ4n) is 2.71. The third-order valence-corrected chi connectivity index (χ3v) is 5.81. The Labute approximate surface area is 126 Å². The van der Waals surface area contributed by atoms with E-state index in [4.69, 9.17) is 4.74 Å². The van der Waals surface area contributed by atoms with Crippen LogP contribution >= 0.6 is 0 Å². The first-order chi connectivity index (χ1) is 9.92. The van der Waals surface area contributed by atoms with Crippen LogP contribution in [0.2, 0.25) is 0 Å². The first-order valence-corrected chi connectivity index (χ1v) is 9.05. The van der Waals surface area contributed by atoms with Crippen molar-refractivity contribution in [1.29, 1.82) is 0 Å². The summed E-state index contributed by atoms with van der Waals surface area (Å²) in [6.45, 7) is 4.31. The maximum Gasteiger partial charge on any atom is 0.178 e. The van der Waals surface area contributed by atoms with Crippen LogP contribution in [-0.2, 0) is 14.6 Å². The van der Waals surface area contributed by atoms with Gasteiger partial charge in [-0.25, -0.2) is 8.42 Å². The molecular weight excluding hydrogens is 288 g/mol. The minimum absolute atomic E-state index is 0.0968. The minimum atomic E-state index is -3.30. The molecular formula is C16H22O4S. The Balaban J connectivity index is 2.12.